The van der Waals surface area contributed by atoms with Crippen molar-refractivity contribution in [3.8, 4) is 6.07 Å². The van der Waals surface area contributed by atoms with Gasteiger partial charge in [0.25, 0.3) is 0 Å². The van der Waals surface area contributed by atoms with Crippen LogP contribution < -0.4 is 0 Å². The van der Waals surface area contributed by atoms with Crippen molar-refractivity contribution < 1.29 is 9.52 Å². The summed E-state index contributed by atoms with van der Waals surface area (Å²) >= 11 is 3.22. The van der Waals surface area contributed by atoms with E-state index < -0.39 is 11.5 Å². The van der Waals surface area contributed by atoms with Crippen molar-refractivity contribution in [2.75, 3.05) is 0 Å². The third-order valence-corrected chi connectivity index (χ3v) is 4.17. The van der Waals surface area contributed by atoms with Crippen LogP contribution in [0, 0.1) is 16.7 Å². The van der Waals surface area contributed by atoms with E-state index in [0.29, 0.717) is 23.3 Å². The number of fused-ring (bicyclic) bond motifs is 1. The smallest absolute Gasteiger partial charge is 0.169 e. The fourth-order valence-corrected chi connectivity index (χ4v) is 3.04. The zero-order chi connectivity index (χ0) is 13.5. The summed E-state index contributed by atoms with van der Waals surface area (Å²) in [5.74, 6) is 0.432. The summed E-state index contributed by atoms with van der Waals surface area (Å²) in [6, 6.07) is 13.7. The third-order valence-electron chi connectivity index (χ3n) is 3.74. The molecule has 0 spiro atoms. The zero-order valence-corrected chi connectivity index (χ0v) is 11.7. The molecule has 3 rings (SSSR count). The van der Waals surface area contributed by atoms with E-state index in [2.05, 4.69) is 22.0 Å². The van der Waals surface area contributed by atoms with E-state index in [-0.39, 0.29) is 0 Å². The van der Waals surface area contributed by atoms with Crippen LogP contribution in [-0.2, 0) is 12.8 Å². The van der Waals surface area contributed by atoms with Crippen LogP contribution in [0.5, 0.6) is 0 Å². The van der Waals surface area contributed by atoms with E-state index in [1.54, 1.807) is 12.1 Å². The molecule has 0 radical (unpaired) electrons. The van der Waals surface area contributed by atoms with E-state index in [1.807, 2.05) is 24.3 Å². The summed E-state index contributed by atoms with van der Waals surface area (Å²) < 4.78 is 5.96. The van der Waals surface area contributed by atoms with Crippen molar-refractivity contribution in [3.63, 3.8) is 0 Å². The monoisotopic (exact) mass is 317 g/mol. The van der Waals surface area contributed by atoms with Crippen LogP contribution >= 0.6 is 15.9 Å². The molecule has 2 aromatic rings. The highest BCUT2D eigenvalue weighted by atomic mass is 79.9. The number of rotatable bonds is 2. The first-order chi connectivity index (χ1) is 9.14. The van der Waals surface area contributed by atoms with Crippen molar-refractivity contribution in [1.82, 2.24) is 0 Å². The molecule has 0 fully saturated rings. The largest absolute Gasteiger partial charge is 0.452 e. The summed E-state index contributed by atoms with van der Waals surface area (Å²) in [7, 11) is 0. The first kappa shape index (κ1) is 12.5. The first-order valence-corrected chi connectivity index (χ1v) is 6.85. The van der Waals surface area contributed by atoms with Gasteiger partial charge in [-0.3, -0.25) is 0 Å². The van der Waals surface area contributed by atoms with E-state index in [9.17, 15) is 10.4 Å². The molecule has 1 aromatic heterocycles. The molecular weight excluding hydrogens is 306 g/mol. The van der Waals surface area contributed by atoms with E-state index in [0.717, 1.165) is 11.1 Å². The Morgan fingerprint density at radius 1 is 1.21 bits per heavy atom. The molecule has 0 saturated heterocycles. The van der Waals surface area contributed by atoms with Gasteiger partial charge in [-0.05, 0) is 52.0 Å². The van der Waals surface area contributed by atoms with E-state index >= 15 is 0 Å². The number of aliphatic hydroxyl groups excluding tert-OH is 1. The lowest BCUT2D eigenvalue weighted by Crippen LogP contribution is -2.28. The molecule has 0 saturated carbocycles. The molecule has 0 amide bonds. The van der Waals surface area contributed by atoms with Crippen LogP contribution in [0.3, 0.4) is 0 Å². The van der Waals surface area contributed by atoms with Crippen molar-refractivity contribution in [3.05, 3.63) is 58.0 Å². The van der Waals surface area contributed by atoms with E-state index in [1.165, 1.54) is 0 Å². The summed E-state index contributed by atoms with van der Waals surface area (Å²) in [4.78, 5) is 0. The molecule has 19 heavy (non-hydrogen) atoms. The highest BCUT2D eigenvalue weighted by Crippen LogP contribution is 2.45. The maximum atomic E-state index is 10.5. The van der Waals surface area contributed by atoms with Crippen LogP contribution in [0.25, 0.3) is 0 Å². The Kier molecular flexibility index (Phi) is 2.96. The average Bonchev–Trinajstić information content (AvgIpc) is 3.01. The second-order valence-corrected chi connectivity index (χ2v) is 5.72. The summed E-state index contributed by atoms with van der Waals surface area (Å²) in [5.41, 5.74) is 1.43. The molecule has 1 heterocycles. The number of nitriles is 1. The van der Waals surface area contributed by atoms with Crippen LogP contribution in [0.2, 0.25) is 0 Å². The fourth-order valence-electron chi connectivity index (χ4n) is 2.73. The maximum Gasteiger partial charge on any atom is 0.169 e. The summed E-state index contributed by atoms with van der Waals surface area (Å²) in [6.45, 7) is 0. The summed E-state index contributed by atoms with van der Waals surface area (Å²) in [5, 5.41) is 20.1. The lowest BCUT2D eigenvalue weighted by molar-refractivity contribution is 0.0490. The second kappa shape index (κ2) is 4.52. The van der Waals surface area contributed by atoms with Crippen molar-refractivity contribution in [2.24, 2.45) is 5.41 Å². The normalized spacial score (nSPS) is 17.7. The Labute approximate surface area is 119 Å². The third kappa shape index (κ3) is 1.99. The van der Waals surface area contributed by atoms with Gasteiger partial charge in [-0.15, -0.1) is 0 Å². The Bertz CT molecular complexity index is 631. The van der Waals surface area contributed by atoms with Gasteiger partial charge in [-0.2, -0.15) is 5.26 Å². The molecule has 3 nitrogen and oxygen atoms in total. The van der Waals surface area contributed by atoms with Gasteiger partial charge < -0.3 is 9.52 Å². The molecule has 0 bridgehead atoms. The number of hydrogen-bond donors (Lipinski definition) is 1. The van der Waals surface area contributed by atoms with Crippen molar-refractivity contribution in [1.29, 1.82) is 5.26 Å². The van der Waals surface area contributed by atoms with Gasteiger partial charge in [0, 0.05) is 0 Å². The number of nitrogens with zero attached hydrogens (tertiary/aromatic N) is 1. The Morgan fingerprint density at radius 2 is 1.84 bits per heavy atom. The van der Waals surface area contributed by atoms with Gasteiger partial charge in [0.15, 0.2) is 4.67 Å². The fraction of sp³-hybridized carbons (Fsp3) is 0.267. The molecule has 0 aliphatic heterocycles. The number of benzene rings is 1. The second-order valence-electron chi connectivity index (χ2n) is 4.93. The van der Waals surface area contributed by atoms with Gasteiger partial charge in [0.2, 0.25) is 0 Å². The Balaban J connectivity index is 1.97. The van der Waals surface area contributed by atoms with Crippen molar-refractivity contribution >= 4 is 15.9 Å². The Morgan fingerprint density at radius 3 is 2.32 bits per heavy atom. The van der Waals surface area contributed by atoms with Crippen LogP contribution in [0.1, 0.15) is 23.0 Å². The quantitative estimate of drug-likeness (QED) is 0.923. The van der Waals surface area contributed by atoms with Gasteiger partial charge in [-0.25, -0.2) is 0 Å². The standard InChI is InChI=1S/C15H12BrNO2/c16-13-6-5-12(19-13)14(18)15(9-17)7-10-3-1-2-4-11(10)8-15/h1-6,14,18H,7-8H2. The van der Waals surface area contributed by atoms with E-state index in [4.69, 9.17) is 4.42 Å². The highest BCUT2D eigenvalue weighted by Gasteiger charge is 2.45. The molecule has 1 unspecified atom stereocenters. The molecule has 1 atom stereocenters. The minimum absolute atomic E-state index is 0.432. The van der Waals surface area contributed by atoms with Gasteiger partial charge in [0.1, 0.15) is 11.9 Å². The molecule has 96 valence electrons. The number of aliphatic hydroxyl groups is 1. The predicted octanol–water partition coefficient (Wildman–Crippen LogP) is 3.38. The Hall–Kier alpha value is -1.57. The van der Waals surface area contributed by atoms with Gasteiger partial charge in [0.05, 0.1) is 11.5 Å². The predicted molar refractivity (Wildman–Crippen MR) is 73.3 cm³/mol. The molecule has 1 aliphatic carbocycles. The topological polar surface area (TPSA) is 57.2 Å². The molecule has 1 aromatic carbocycles. The minimum atomic E-state index is -0.920. The number of furan rings is 1. The van der Waals surface area contributed by atoms with Gasteiger partial charge in [-0.1, -0.05) is 24.3 Å². The molecular formula is C15H12BrNO2. The SMILES string of the molecule is N#CC1(C(O)c2ccc(Br)o2)Cc2ccccc2C1. The number of halogens is 1. The molecule has 4 heteroatoms. The minimum Gasteiger partial charge on any atom is -0.452 e. The average molecular weight is 318 g/mol. The number of hydrogen-bond acceptors (Lipinski definition) is 3. The molecule has 1 N–H and O–H groups in total. The lowest BCUT2D eigenvalue weighted by Gasteiger charge is -2.25. The zero-order valence-electron chi connectivity index (χ0n) is 10.1. The highest BCUT2D eigenvalue weighted by molar-refractivity contribution is 9.10. The van der Waals surface area contributed by atoms with Crippen LogP contribution in [0.15, 0.2) is 45.5 Å². The maximum absolute atomic E-state index is 10.5. The van der Waals surface area contributed by atoms with Crippen LogP contribution in [0.4, 0.5) is 0 Å². The van der Waals surface area contributed by atoms with Crippen molar-refractivity contribution in [2.45, 2.75) is 18.9 Å². The lowest BCUT2D eigenvalue weighted by atomic mass is 9.79. The first-order valence-electron chi connectivity index (χ1n) is 6.06. The van der Waals surface area contributed by atoms with Gasteiger partial charge >= 0.3 is 0 Å². The van der Waals surface area contributed by atoms with Crippen LogP contribution in [-0.4, -0.2) is 5.11 Å². The molecule has 1 aliphatic rings. The summed E-state index contributed by atoms with van der Waals surface area (Å²) in [6.07, 6.45) is 0.189.